The number of halogens is 2. The maximum Gasteiger partial charge on any atom is 0.178 e. The molecule has 3 aromatic rings. The molecule has 3 aromatic carbocycles. The van der Waals surface area contributed by atoms with Crippen molar-refractivity contribution < 1.29 is 41.7 Å². The molecule has 3 rings (SSSR count). The minimum Gasteiger partial charge on any atom is -0.595 e. The Kier molecular flexibility index (Phi) is 9.26. The smallest absolute Gasteiger partial charge is 0.178 e. The number of nitrogens with one attached hydrogen (secondary N) is 4. The molecule has 0 spiro atoms. The Hall–Kier alpha value is -2.76. The first-order valence-corrected chi connectivity index (χ1v) is 10.8. The molecule has 0 heterocycles. The average molecular weight is 539 g/mol. The number of benzene rings is 3. The molecular formula is C22H20Cl2N4O8. The molecule has 0 amide bonds. The first-order chi connectivity index (χ1) is 17.0. The summed E-state index contributed by atoms with van der Waals surface area (Å²) in [6.45, 7) is 0. The van der Waals surface area contributed by atoms with E-state index in [1.165, 1.54) is 36.4 Å². The quantitative estimate of drug-likeness (QED) is 0.152. The molecule has 0 aliphatic heterocycles. The Morgan fingerprint density at radius 3 is 1.31 bits per heavy atom. The van der Waals surface area contributed by atoms with Gasteiger partial charge in [-0.15, -0.1) is 0 Å². The molecule has 0 radical (unpaired) electrons. The third kappa shape index (κ3) is 6.71. The molecule has 0 saturated carbocycles. The molecular weight excluding hydrogens is 519 g/mol. The monoisotopic (exact) mass is 538 g/mol. The van der Waals surface area contributed by atoms with Gasteiger partial charge in [-0.3, -0.25) is 0 Å². The summed E-state index contributed by atoms with van der Waals surface area (Å²) in [7, 11) is 0. The van der Waals surface area contributed by atoms with E-state index in [0.717, 1.165) is 12.1 Å². The summed E-state index contributed by atoms with van der Waals surface area (Å²) in [5, 5.41) is 77.6. The van der Waals surface area contributed by atoms with Crippen molar-refractivity contribution in [2.45, 2.75) is 0 Å². The lowest BCUT2D eigenvalue weighted by atomic mass is 10.1. The molecule has 0 aliphatic carbocycles. The van der Waals surface area contributed by atoms with Gasteiger partial charge in [0.15, 0.2) is 22.7 Å². The molecule has 0 saturated heterocycles. The zero-order valence-electron chi connectivity index (χ0n) is 18.1. The fourth-order valence-corrected chi connectivity index (χ4v) is 3.89. The van der Waals surface area contributed by atoms with Gasteiger partial charge in [0.05, 0.1) is 33.3 Å². The third-order valence-electron chi connectivity index (χ3n) is 5.01. The highest BCUT2D eigenvalue weighted by Gasteiger charge is 2.17. The van der Waals surface area contributed by atoms with Crippen molar-refractivity contribution >= 4 is 68.2 Å². The second kappa shape index (κ2) is 12.0. The molecule has 4 atom stereocenters. The molecule has 12 nitrogen and oxygen atoms in total. The Balaban J connectivity index is 1.97. The number of hydrogen-bond acceptors (Lipinski definition) is 8. The van der Waals surface area contributed by atoms with E-state index in [4.69, 9.17) is 33.6 Å². The second-order valence-corrected chi connectivity index (χ2v) is 8.21. The van der Waals surface area contributed by atoms with Gasteiger partial charge in [-0.25, -0.2) is 20.8 Å². The van der Waals surface area contributed by atoms with Gasteiger partial charge in [-0.1, -0.05) is 41.4 Å². The van der Waals surface area contributed by atoms with Gasteiger partial charge in [0.1, 0.15) is 0 Å². The van der Waals surface area contributed by atoms with Crippen LogP contribution in [0.2, 0.25) is 0 Å². The van der Waals surface area contributed by atoms with Crippen LogP contribution >= 0.6 is 23.2 Å². The van der Waals surface area contributed by atoms with Crippen molar-refractivity contribution in [1.29, 1.82) is 0 Å². The largest absolute Gasteiger partial charge is 0.595 e. The van der Waals surface area contributed by atoms with Crippen LogP contribution in [0.25, 0.3) is 22.2 Å². The topological polar surface area (TPSA) is 191 Å². The maximum atomic E-state index is 11.6. The normalized spacial score (nSPS) is 15.9. The summed E-state index contributed by atoms with van der Waals surface area (Å²) in [5.41, 5.74) is 0.408. The van der Waals surface area contributed by atoms with Crippen LogP contribution < -0.4 is 20.9 Å². The van der Waals surface area contributed by atoms with Crippen LogP contribution in [-0.4, -0.2) is 20.8 Å². The van der Waals surface area contributed by atoms with Gasteiger partial charge in [-0.05, 0) is 41.5 Å². The molecule has 0 aromatic heterocycles. The van der Waals surface area contributed by atoms with Crippen molar-refractivity contribution in [2.24, 2.45) is 0 Å². The van der Waals surface area contributed by atoms with Crippen LogP contribution in [0.15, 0.2) is 60.7 Å². The van der Waals surface area contributed by atoms with E-state index in [-0.39, 0.29) is 43.9 Å². The lowest BCUT2D eigenvalue weighted by Gasteiger charge is -2.18. The summed E-state index contributed by atoms with van der Waals surface area (Å²) >= 11 is 12.7. The van der Waals surface area contributed by atoms with Gasteiger partial charge in [-0.2, -0.15) is 20.9 Å². The summed E-state index contributed by atoms with van der Waals surface area (Å²) in [6.07, 6.45) is 2.97. The highest BCUT2D eigenvalue weighted by Crippen LogP contribution is 2.31. The number of hydrogen-bond donors (Lipinski definition) is 8. The zero-order valence-corrected chi connectivity index (χ0v) is 19.6. The summed E-state index contributed by atoms with van der Waals surface area (Å²) in [4.78, 5) is 0. The van der Waals surface area contributed by atoms with Crippen LogP contribution in [0.4, 0.5) is 22.7 Å². The number of rotatable bonds is 8. The minimum absolute atomic E-state index is 0.0500. The van der Waals surface area contributed by atoms with Gasteiger partial charge in [0.25, 0.3) is 0 Å². The van der Waals surface area contributed by atoms with Crippen molar-refractivity contribution in [2.75, 3.05) is 0 Å². The van der Waals surface area contributed by atoms with Crippen LogP contribution in [0.3, 0.4) is 0 Å². The van der Waals surface area contributed by atoms with E-state index >= 15 is 0 Å². The first kappa shape index (κ1) is 27.8. The van der Waals surface area contributed by atoms with Crippen LogP contribution in [0.5, 0.6) is 0 Å². The second-order valence-electron chi connectivity index (χ2n) is 7.40. The third-order valence-corrected chi connectivity index (χ3v) is 5.63. The molecule has 0 fully saturated rings. The Morgan fingerprint density at radius 2 is 0.972 bits per heavy atom. The predicted octanol–water partition coefficient (Wildman–Crippen LogP) is 0.774. The summed E-state index contributed by atoms with van der Waals surface area (Å²) < 4.78 is 0. The van der Waals surface area contributed by atoms with E-state index in [0.29, 0.717) is 11.1 Å². The predicted molar refractivity (Wildman–Crippen MR) is 130 cm³/mol. The summed E-state index contributed by atoms with van der Waals surface area (Å²) in [5.74, 6) is 0. The highest BCUT2D eigenvalue weighted by atomic mass is 35.5. The lowest BCUT2D eigenvalue weighted by molar-refractivity contribution is -0.996. The maximum absolute atomic E-state index is 11.6. The van der Waals surface area contributed by atoms with Crippen molar-refractivity contribution in [1.82, 2.24) is 0 Å². The van der Waals surface area contributed by atoms with Gasteiger partial charge >= 0.3 is 0 Å². The SMILES string of the molecule is [O-][NH+](O)c1ccc(C(Cl)=Cc2cccc(C=C(Cl)c3ccc([NH+]([O-])O)cc3[NH+]([O-])O)c2)c([NH+]([O-])O)c1. The fourth-order valence-electron chi connectivity index (χ4n) is 3.31. The van der Waals surface area contributed by atoms with E-state index in [1.54, 1.807) is 24.3 Å². The summed E-state index contributed by atoms with van der Waals surface area (Å²) in [6, 6.07) is 13.8. The van der Waals surface area contributed by atoms with Gasteiger partial charge in [0.2, 0.25) is 0 Å². The Bertz CT molecular complexity index is 1200. The Labute approximate surface area is 213 Å². The zero-order chi connectivity index (χ0) is 26.6. The fraction of sp³-hybridized carbons (Fsp3) is 0. The van der Waals surface area contributed by atoms with Crippen LogP contribution in [-0.2, 0) is 0 Å². The minimum atomic E-state index is -1.34. The van der Waals surface area contributed by atoms with E-state index in [1.807, 2.05) is 0 Å². The highest BCUT2D eigenvalue weighted by molar-refractivity contribution is 6.52. The van der Waals surface area contributed by atoms with Gasteiger partial charge in [0, 0.05) is 12.1 Å². The first-order valence-electron chi connectivity index (χ1n) is 10.0. The van der Waals surface area contributed by atoms with Gasteiger partial charge < -0.3 is 20.8 Å². The number of quaternary nitrogens is 4. The van der Waals surface area contributed by atoms with Crippen molar-refractivity contribution in [3.8, 4) is 0 Å². The van der Waals surface area contributed by atoms with Crippen molar-refractivity contribution in [3.05, 3.63) is 104 Å². The average Bonchev–Trinajstić information content (AvgIpc) is 2.83. The molecule has 4 unspecified atom stereocenters. The standard InChI is InChI=1S/C22H20Cl2N4O8/c23-19(17-6-4-15(25(29)30)11-21(17)27(33)34)9-13-2-1-3-14(8-13)10-20(24)18-7-5-16(26(31)32)12-22(18)28(35)36/h1-12,25-29,31,33,35H. The molecule has 0 aliphatic rings. The van der Waals surface area contributed by atoms with Crippen LogP contribution in [0.1, 0.15) is 22.3 Å². The Morgan fingerprint density at radius 1 is 0.583 bits per heavy atom. The molecule has 0 bridgehead atoms. The molecule has 8 N–H and O–H groups in total. The molecule has 190 valence electrons. The van der Waals surface area contributed by atoms with Crippen LogP contribution in [0, 0.1) is 20.8 Å². The molecule has 14 heteroatoms. The van der Waals surface area contributed by atoms with E-state index in [2.05, 4.69) is 0 Å². The van der Waals surface area contributed by atoms with E-state index < -0.39 is 20.9 Å². The molecule has 36 heavy (non-hydrogen) atoms. The lowest BCUT2D eigenvalue weighted by Crippen LogP contribution is -3.01. The van der Waals surface area contributed by atoms with E-state index in [9.17, 15) is 31.2 Å². The van der Waals surface area contributed by atoms with Crippen molar-refractivity contribution in [3.63, 3.8) is 0 Å².